The minimum Gasteiger partial charge on any atom is -0.478 e. The molecule has 9 heteroatoms. The zero-order valence-electron chi connectivity index (χ0n) is 29.0. The number of aromatic carboxylic acids is 1. The van der Waals surface area contributed by atoms with Crippen molar-refractivity contribution in [3.63, 3.8) is 0 Å². The van der Waals surface area contributed by atoms with E-state index in [1.165, 1.54) is 31.3 Å². The van der Waals surface area contributed by atoms with Gasteiger partial charge < -0.3 is 15.7 Å². The molecule has 1 aromatic carbocycles. The molecule has 260 valence electrons. The summed E-state index contributed by atoms with van der Waals surface area (Å²) in [5, 5.41) is 15.7. The van der Waals surface area contributed by atoms with Crippen LogP contribution in [-0.2, 0) is 14.9 Å². The third kappa shape index (κ3) is 5.51. The van der Waals surface area contributed by atoms with E-state index in [1.54, 1.807) is 12.1 Å². The van der Waals surface area contributed by atoms with Crippen LogP contribution in [0.5, 0.6) is 0 Å². The lowest BCUT2D eigenvalue weighted by atomic mass is 9.32. The second-order valence-electron chi connectivity index (χ2n) is 17.0. The first-order valence-electron chi connectivity index (χ1n) is 18.0. The molecule has 8 atom stereocenters. The minimum atomic E-state index is -3.99. The summed E-state index contributed by atoms with van der Waals surface area (Å²) < 4.78 is 30.9. The van der Waals surface area contributed by atoms with Gasteiger partial charge in [0.2, 0.25) is 5.91 Å². The molecule has 6 rings (SSSR count). The number of carboxylic acid groups (broad SMARTS) is 1. The molecule has 0 heterocycles. The molecule has 4 saturated carbocycles. The van der Waals surface area contributed by atoms with Crippen molar-refractivity contribution in [1.82, 2.24) is 10.6 Å². The van der Waals surface area contributed by atoms with Crippen molar-refractivity contribution in [2.75, 3.05) is 25.4 Å². The van der Waals surface area contributed by atoms with Crippen molar-refractivity contribution in [3.05, 3.63) is 41.5 Å². The fourth-order valence-electron chi connectivity index (χ4n) is 12.6. The molecule has 4 fully saturated rings. The highest BCUT2D eigenvalue weighted by Crippen LogP contribution is 2.77. The number of carbonyl (C=O) groups excluding carboxylic acids is 1. The van der Waals surface area contributed by atoms with Crippen molar-refractivity contribution >= 4 is 27.6 Å². The van der Waals surface area contributed by atoms with Crippen LogP contribution < -0.4 is 10.6 Å². The summed E-state index contributed by atoms with van der Waals surface area (Å²) >= 11 is 0. The van der Waals surface area contributed by atoms with Gasteiger partial charge in [-0.1, -0.05) is 59.2 Å². The van der Waals surface area contributed by atoms with Crippen molar-refractivity contribution in [2.24, 2.45) is 50.7 Å². The number of carboxylic acids is 1. The van der Waals surface area contributed by atoms with Gasteiger partial charge in [-0.05, 0) is 126 Å². The molecule has 47 heavy (non-hydrogen) atoms. The first kappa shape index (κ1) is 34.6. The molecule has 0 bridgehead atoms. The number of allylic oxidation sites excluding steroid dienone is 2. The molecule has 8 nitrogen and oxygen atoms in total. The quantitative estimate of drug-likeness (QED) is 0.168. The van der Waals surface area contributed by atoms with Gasteiger partial charge in [0, 0.05) is 19.6 Å². The molecule has 5 aliphatic carbocycles. The van der Waals surface area contributed by atoms with Crippen LogP contribution in [0.1, 0.15) is 115 Å². The Kier molecular flexibility index (Phi) is 8.82. The summed E-state index contributed by atoms with van der Waals surface area (Å²) in [4.78, 5) is 25.4. The highest BCUT2D eigenvalue weighted by molar-refractivity contribution is 7.85. The van der Waals surface area contributed by atoms with E-state index < -0.39 is 16.1 Å². The van der Waals surface area contributed by atoms with Gasteiger partial charge >= 0.3 is 5.97 Å². The van der Waals surface area contributed by atoms with Gasteiger partial charge in [-0.2, -0.15) is 8.42 Å². The third-order valence-electron chi connectivity index (χ3n) is 15.0. The molecule has 8 unspecified atom stereocenters. The summed E-state index contributed by atoms with van der Waals surface area (Å²) in [6, 6.07) is 7.45. The third-order valence-corrected chi connectivity index (χ3v) is 15.7. The Morgan fingerprint density at radius 1 is 0.830 bits per heavy atom. The van der Waals surface area contributed by atoms with Gasteiger partial charge in [0.1, 0.15) is 0 Å². The summed E-state index contributed by atoms with van der Waals surface area (Å²) in [6.45, 7) is 13.7. The van der Waals surface area contributed by atoms with Crippen LogP contribution in [0.3, 0.4) is 0 Å². The van der Waals surface area contributed by atoms with Crippen LogP contribution in [-0.4, -0.2) is 55.3 Å². The predicted octanol–water partition coefficient (Wildman–Crippen LogP) is 6.83. The smallest absolute Gasteiger partial charge is 0.335 e. The average Bonchev–Trinajstić information content (AvgIpc) is 3.44. The van der Waals surface area contributed by atoms with Crippen molar-refractivity contribution in [2.45, 2.75) is 98.8 Å². The Balaban J connectivity index is 1.20. The lowest BCUT2D eigenvalue weighted by Crippen LogP contribution is -2.66. The molecular weight excluding hydrogens is 612 g/mol. The van der Waals surface area contributed by atoms with E-state index in [1.807, 2.05) is 12.1 Å². The summed E-state index contributed by atoms with van der Waals surface area (Å²) in [5.74, 6) is 1.05. The zero-order chi connectivity index (χ0) is 34.0. The van der Waals surface area contributed by atoms with E-state index in [2.05, 4.69) is 51.3 Å². The van der Waals surface area contributed by atoms with E-state index in [0.29, 0.717) is 42.3 Å². The number of hydrogen-bond donors (Lipinski definition) is 4. The largest absolute Gasteiger partial charge is 0.478 e. The van der Waals surface area contributed by atoms with Gasteiger partial charge in [-0.25, -0.2) is 4.79 Å². The normalized spacial score (nSPS) is 39.1. The predicted molar refractivity (Wildman–Crippen MR) is 184 cm³/mol. The van der Waals surface area contributed by atoms with Gasteiger partial charge in [0.15, 0.2) is 0 Å². The van der Waals surface area contributed by atoms with Crippen molar-refractivity contribution in [3.8, 4) is 0 Å². The van der Waals surface area contributed by atoms with E-state index in [9.17, 15) is 23.1 Å². The molecule has 0 aliphatic heterocycles. The van der Waals surface area contributed by atoms with Gasteiger partial charge in [-0.3, -0.25) is 9.35 Å². The number of nitrogens with one attached hydrogen (secondary N) is 2. The second-order valence-corrected chi connectivity index (χ2v) is 18.6. The number of fused-ring (bicyclic) bond motifs is 7. The monoisotopic (exact) mass is 668 g/mol. The molecule has 0 aromatic heterocycles. The van der Waals surface area contributed by atoms with Crippen LogP contribution in [0.25, 0.3) is 5.57 Å². The van der Waals surface area contributed by atoms with Gasteiger partial charge in [0.05, 0.1) is 16.7 Å². The maximum absolute atomic E-state index is 13.9. The maximum Gasteiger partial charge on any atom is 0.335 e. The summed E-state index contributed by atoms with van der Waals surface area (Å²) in [5.41, 5.74) is 3.06. The Hall–Kier alpha value is -2.23. The van der Waals surface area contributed by atoms with Crippen molar-refractivity contribution in [1.29, 1.82) is 0 Å². The first-order chi connectivity index (χ1) is 22.0. The SMILES string of the molecule is CC1(C)C(c2ccc(C(=O)O)cc2)=CCC2(C)C1CCC1(C)C2CCC2C3CCCC3(C(=O)NCCNCCS(=O)(=O)O)CCC21C. The fourth-order valence-corrected chi connectivity index (χ4v) is 13.0. The molecule has 5 aliphatic rings. The molecule has 4 N–H and O–H groups in total. The Labute approximate surface area is 281 Å². The van der Waals surface area contributed by atoms with Crippen LogP contribution >= 0.6 is 0 Å². The lowest BCUT2D eigenvalue weighted by molar-refractivity contribution is -0.222. The molecule has 0 spiro atoms. The van der Waals surface area contributed by atoms with E-state index in [0.717, 1.165) is 44.1 Å². The van der Waals surface area contributed by atoms with Crippen LogP contribution in [0, 0.1) is 50.7 Å². The molecule has 1 amide bonds. The highest BCUT2D eigenvalue weighted by Gasteiger charge is 2.70. The van der Waals surface area contributed by atoms with Crippen LogP contribution in [0.4, 0.5) is 0 Å². The second kappa shape index (κ2) is 12.0. The Bertz CT molecular complexity index is 1540. The number of hydrogen-bond acceptors (Lipinski definition) is 5. The van der Waals surface area contributed by atoms with E-state index >= 15 is 0 Å². The minimum absolute atomic E-state index is 0.0245. The average molecular weight is 669 g/mol. The fraction of sp³-hybridized carbons (Fsp3) is 0.737. The number of amides is 1. The number of rotatable bonds is 9. The Morgan fingerprint density at radius 3 is 2.23 bits per heavy atom. The van der Waals surface area contributed by atoms with Crippen LogP contribution in [0.15, 0.2) is 30.3 Å². The van der Waals surface area contributed by atoms with Gasteiger partial charge in [-0.15, -0.1) is 0 Å². The lowest BCUT2D eigenvalue weighted by Gasteiger charge is -2.72. The number of carbonyl (C=O) groups is 2. The standard InChI is InChI=1S/C38H56N2O6S/c1-34(2)27(25-8-10-26(11-9-25)32(41)42)14-17-35(3)30(34)15-18-37(5)31(35)13-12-28-29-7-6-16-38(29,20-19-36(28,37)4)33(43)40-22-21-39-23-24-47(44,45)46/h8-11,14,28-31,39H,6-7,12-13,15-24H2,1-5H3,(H,40,43)(H,41,42)(H,44,45,46). The topological polar surface area (TPSA) is 133 Å². The summed E-state index contributed by atoms with van der Waals surface area (Å²) in [6.07, 6.45) is 13.5. The molecule has 0 saturated heterocycles. The Morgan fingerprint density at radius 2 is 1.55 bits per heavy atom. The molecular formula is C38H56N2O6S. The zero-order valence-corrected chi connectivity index (χ0v) is 29.8. The number of benzene rings is 1. The molecule has 1 aromatic rings. The van der Waals surface area contributed by atoms with E-state index in [-0.39, 0.29) is 45.3 Å². The van der Waals surface area contributed by atoms with Gasteiger partial charge in [0.25, 0.3) is 10.1 Å². The molecule has 0 radical (unpaired) electrons. The van der Waals surface area contributed by atoms with Crippen molar-refractivity contribution < 1.29 is 27.7 Å². The first-order valence-corrected chi connectivity index (χ1v) is 19.6. The maximum atomic E-state index is 13.9. The summed E-state index contributed by atoms with van der Waals surface area (Å²) in [7, 11) is -3.99. The van der Waals surface area contributed by atoms with E-state index in [4.69, 9.17) is 4.55 Å². The highest BCUT2D eigenvalue weighted by atomic mass is 32.2. The van der Waals surface area contributed by atoms with Crippen LogP contribution in [0.2, 0.25) is 0 Å².